The normalized spacial score (nSPS) is 11.7. The van der Waals surface area contributed by atoms with Gasteiger partial charge in [0.05, 0.1) is 19.0 Å². The van der Waals surface area contributed by atoms with Gasteiger partial charge in [0.25, 0.3) is 0 Å². The number of hydrogen-bond acceptors (Lipinski definition) is 7. The first-order valence-corrected chi connectivity index (χ1v) is 10.0. The topological polar surface area (TPSA) is 91.2 Å². The second-order valence-electron chi connectivity index (χ2n) is 6.26. The maximum Gasteiger partial charge on any atom is 0.237 e. The Morgan fingerprint density at radius 2 is 2.00 bits per heavy atom. The van der Waals surface area contributed by atoms with Gasteiger partial charge in [-0.25, -0.2) is 0 Å². The third-order valence-corrected chi connectivity index (χ3v) is 5.12. The van der Waals surface area contributed by atoms with Gasteiger partial charge in [0, 0.05) is 5.69 Å². The average Bonchev–Trinajstić information content (AvgIpc) is 3.17. The van der Waals surface area contributed by atoms with Crippen LogP contribution in [0.15, 0.2) is 47.6 Å². The number of carbonyl (C=O) groups is 1. The van der Waals surface area contributed by atoms with Gasteiger partial charge in [0.1, 0.15) is 17.2 Å². The molecule has 3 rings (SSSR count). The van der Waals surface area contributed by atoms with Gasteiger partial charge in [-0.15, -0.1) is 5.10 Å². The number of rotatable bonds is 8. The highest BCUT2D eigenvalue weighted by molar-refractivity contribution is 8.00. The zero-order valence-electron chi connectivity index (χ0n) is 16.7. The first-order valence-electron chi connectivity index (χ1n) is 9.15. The molecule has 0 bridgehead atoms. The standard InChI is InChI=1S/C20H23N5O3S/c1-5-28-16-9-7-15(8-10-16)21-19(26)14(3)29-20-22-23-24-25(20)17-12-13(2)6-11-18(17)27-4/h6-12,14H,5H2,1-4H3,(H,21,26)/t14-/m0/s1. The number of carbonyl (C=O) groups excluding carboxylic acids is 1. The van der Waals surface area contributed by atoms with E-state index in [-0.39, 0.29) is 5.91 Å². The molecule has 1 amide bonds. The summed E-state index contributed by atoms with van der Waals surface area (Å²) in [5.41, 5.74) is 2.47. The molecular weight excluding hydrogens is 390 g/mol. The monoisotopic (exact) mass is 413 g/mol. The van der Waals surface area contributed by atoms with E-state index in [4.69, 9.17) is 9.47 Å². The molecule has 0 fully saturated rings. The van der Waals surface area contributed by atoms with Gasteiger partial charge in [0.15, 0.2) is 0 Å². The van der Waals surface area contributed by atoms with Crippen molar-refractivity contribution in [1.29, 1.82) is 0 Å². The van der Waals surface area contributed by atoms with Crippen LogP contribution in [0.3, 0.4) is 0 Å². The lowest BCUT2D eigenvalue weighted by molar-refractivity contribution is -0.115. The van der Waals surface area contributed by atoms with Crippen LogP contribution in [0.5, 0.6) is 11.5 Å². The van der Waals surface area contributed by atoms with Crippen molar-refractivity contribution in [3.63, 3.8) is 0 Å². The summed E-state index contributed by atoms with van der Waals surface area (Å²) in [6, 6.07) is 13.0. The number of benzene rings is 2. The Hall–Kier alpha value is -3.07. The molecule has 29 heavy (non-hydrogen) atoms. The Bertz CT molecular complexity index is 975. The van der Waals surface area contributed by atoms with E-state index in [0.717, 1.165) is 17.0 Å². The van der Waals surface area contributed by atoms with E-state index in [1.54, 1.807) is 18.7 Å². The van der Waals surface area contributed by atoms with Gasteiger partial charge in [-0.1, -0.05) is 17.8 Å². The van der Waals surface area contributed by atoms with Gasteiger partial charge in [0.2, 0.25) is 11.1 Å². The van der Waals surface area contributed by atoms with E-state index in [9.17, 15) is 4.79 Å². The summed E-state index contributed by atoms with van der Waals surface area (Å²) in [4.78, 5) is 12.6. The van der Waals surface area contributed by atoms with Crippen LogP contribution in [0.4, 0.5) is 5.69 Å². The van der Waals surface area contributed by atoms with Crippen molar-refractivity contribution in [1.82, 2.24) is 20.2 Å². The summed E-state index contributed by atoms with van der Waals surface area (Å²) >= 11 is 1.27. The second kappa shape index (κ2) is 9.42. The van der Waals surface area contributed by atoms with E-state index >= 15 is 0 Å². The van der Waals surface area contributed by atoms with Crippen LogP contribution in [0.25, 0.3) is 5.69 Å². The van der Waals surface area contributed by atoms with Crippen LogP contribution in [0, 0.1) is 6.92 Å². The number of ether oxygens (including phenoxy) is 2. The zero-order valence-corrected chi connectivity index (χ0v) is 17.6. The lowest BCUT2D eigenvalue weighted by Gasteiger charge is -2.13. The van der Waals surface area contributed by atoms with Crippen LogP contribution in [-0.4, -0.2) is 45.1 Å². The number of nitrogens with zero attached hydrogens (tertiary/aromatic N) is 4. The number of hydrogen-bond donors (Lipinski definition) is 1. The predicted molar refractivity (Wildman–Crippen MR) is 112 cm³/mol. The van der Waals surface area contributed by atoms with Crippen molar-refractivity contribution in [2.45, 2.75) is 31.2 Å². The number of nitrogens with one attached hydrogen (secondary N) is 1. The Labute approximate surface area is 173 Å². The first-order chi connectivity index (χ1) is 14.0. The Morgan fingerprint density at radius 1 is 1.24 bits per heavy atom. The molecule has 1 N–H and O–H groups in total. The third-order valence-electron chi connectivity index (χ3n) is 4.09. The summed E-state index contributed by atoms with van der Waals surface area (Å²) in [5.74, 6) is 1.26. The number of thioether (sulfide) groups is 1. The van der Waals surface area contributed by atoms with Gasteiger partial charge >= 0.3 is 0 Å². The Balaban J connectivity index is 1.72. The minimum Gasteiger partial charge on any atom is -0.494 e. The van der Waals surface area contributed by atoms with Crippen molar-refractivity contribution >= 4 is 23.4 Å². The summed E-state index contributed by atoms with van der Waals surface area (Å²) in [5, 5.41) is 14.9. The molecule has 0 aliphatic carbocycles. The van der Waals surface area contributed by atoms with Gasteiger partial charge in [-0.3, -0.25) is 4.79 Å². The highest BCUT2D eigenvalue weighted by Crippen LogP contribution is 2.29. The minimum absolute atomic E-state index is 0.148. The van der Waals surface area contributed by atoms with Crippen LogP contribution in [0.1, 0.15) is 19.4 Å². The van der Waals surface area contributed by atoms with Crippen LogP contribution >= 0.6 is 11.8 Å². The molecule has 0 unspecified atom stereocenters. The molecule has 0 aliphatic rings. The van der Waals surface area contributed by atoms with Crippen molar-refractivity contribution in [2.75, 3.05) is 19.0 Å². The van der Waals surface area contributed by atoms with Crippen LogP contribution in [0.2, 0.25) is 0 Å². The number of amides is 1. The largest absolute Gasteiger partial charge is 0.494 e. The summed E-state index contributed by atoms with van der Waals surface area (Å²) in [7, 11) is 1.60. The fourth-order valence-corrected chi connectivity index (χ4v) is 3.43. The number of methoxy groups -OCH3 is 1. The maximum atomic E-state index is 12.6. The predicted octanol–water partition coefficient (Wildman–Crippen LogP) is 3.50. The average molecular weight is 414 g/mol. The fraction of sp³-hybridized carbons (Fsp3) is 0.300. The molecule has 0 aliphatic heterocycles. The highest BCUT2D eigenvalue weighted by atomic mass is 32.2. The highest BCUT2D eigenvalue weighted by Gasteiger charge is 2.21. The second-order valence-corrected chi connectivity index (χ2v) is 7.56. The van der Waals surface area contributed by atoms with Crippen molar-refractivity contribution in [3.05, 3.63) is 48.0 Å². The minimum atomic E-state index is -0.415. The number of anilines is 1. The SMILES string of the molecule is CCOc1ccc(NC(=O)[C@H](C)Sc2nnnn2-c2cc(C)ccc2OC)cc1. The zero-order chi connectivity index (χ0) is 20.8. The van der Waals surface area contributed by atoms with Crippen LogP contribution < -0.4 is 14.8 Å². The Morgan fingerprint density at radius 3 is 2.69 bits per heavy atom. The third kappa shape index (κ3) is 5.05. The molecule has 2 aromatic carbocycles. The maximum absolute atomic E-state index is 12.6. The fourth-order valence-electron chi connectivity index (χ4n) is 2.63. The molecule has 1 aromatic heterocycles. The summed E-state index contributed by atoms with van der Waals surface area (Å²) in [6.45, 7) is 6.31. The molecule has 1 atom stereocenters. The number of aromatic nitrogens is 4. The molecule has 8 nitrogen and oxygen atoms in total. The van der Waals surface area contributed by atoms with Crippen LogP contribution in [-0.2, 0) is 4.79 Å². The molecule has 0 saturated heterocycles. The molecule has 0 radical (unpaired) electrons. The molecule has 1 heterocycles. The smallest absolute Gasteiger partial charge is 0.237 e. The van der Waals surface area contributed by atoms with Crippen molar-refractivity contribution < 1.29 is 14.3 Å². The van der Waals surface area contributed by atoms with Gasteiger partial charge in [-0.05, 0) is 73.2 Å². The number of tetrazole rings is 1. The molecule has 9 heteroatoms. The Kier molecular flexibility index (Phi) is 6.71. The number of aryl methyl sites for hydroxylation is 1. The molecule has 3 aromatic rings. The quantitative estimate of drug-likeness (QED) is 0.565. The molecule has 152 valence electrons. The van der Waals surface area contributed by atoms with Crippen molar-refractivity contribution in [2.24, 2.45) is 0 Å². The first kappa shape index (κ1) is 20.7. The van der Waals surface area contributed by atoms with E-state index in [1.807, 2.05) is 56.3 Å². The summed E-state index contributed by atoms with van der Waals surface area (Å²) < 4.78 is 12.4. The lowest BCUT2D eigenvalue weighted by Crippen LogP contribution is -2.23. The molecular formula is C20H23N5O3S. The lowest BCUT2D eigenvalue weighted by atomic mass is 10.2. The van der Waals surface area contributed by atoms with E-state index in [0.29, 0.717) is 23.2 Å². The van der Waals surface area contributed by atoms with Crippen molar-refractivity contribution in [3.8, 4) is 17.2 Å². The molecule has 0 saturated carbocycles. The van der Waals surface area contributed by atoms with Gasteiger partial charge < -0.3 is 14.8 Å². The van der Waals surface area contributed by atoms with Gasteiger partial charge in [-0.2, -0.15) is 4.68 Å². The van der Waals surface area contributed by atoms with E-state index < -0.39 is 5.25 Å². The summed E-state index contributed by atoms with van der Waals surface area (Å²) in [6.07, 6.45) is 0. The molecule has 0 spiro atoms. The van der Waals surface area contributed by atoms with E-state index in [1.165, 1.54) is 11.8 Å². The van der Waals surface area contributed by atoms with E-state index in [2.05, 4.69) is 20.8 Å².